The molecule has 0 aliphatic heterocycles. The third-order valence-corrected chi connectivity index (χ3v) is 3.47. The lowest BCUT2D eigenvalue weighted by Crippen LogP contribution is -2.14. The lowest BCUT2D eigenvalue weighted by molar-refractivity contribution is 0.622. The van der Waals surface area contributed by atoms with E-state index in [1.807, 2.05) is 13.0 Å². The first kappa shape index (κ1) is 12.8. The fourth-order valence-electron chi connectivity index (χ4n) is 2.08. The van der Waals surface area contributed by atoms with E-state index in [2.05, 4.69) is 26.0 Å². The van der Waals surface area contributed by atoms with Crippen molar-refractivity contribution in [3.8, 4) is 0 Å². The molecule has 0 heterocycles. The number of benzene rings is 2. The van der Waals surface area contributed by atoms with Gasteiger partial charge in [-0.2, -0.15) is 0 Å². The van der Waals surface area contributed by atoms with Gasteiger partial charge in [0, 0.05) is 0 Å². The quantitative estimate of drug-likeness (QED) is 0.853. The fourth-order valence-corrected chi connectivity index (χ4v) is 2.08. The van der Waals surface area contributed by atoms with E-state index in [0.29, 0.717) is 0 Å². The Morgan fingerprint density at radius 2 is 1.56 bits per heavy atom. The number of aryl methyl sites for hydroxylation is 3. The third-order valence-electron chi connectivity index (χ3n) is 3.47. The predicted molar refractivity (Wildman–Crippen MR) is 73.1 cm³/mol. The Kier molecular flexibility index (Phi) is 3.48. The molecule has 0 aliphatic rings. The minimum absolute atomic E-state index is 0.241. The standard InChI is InChI=1S/C16H18FN/c1-10-4-6-13(8-12(10)3)16(18)15-9-14(17)7-5-11(15)2/h4-9,16H,18H2,1-3H3. The molecule has 2 aromatic carbocycles. The summed E-state index contributed by atoms with van der Waals surface area (Å²) in [6.45, 7) is 6.08. The summed E-state index contributed by atoms with van der Waals surface area (Å²) in [7, 11) is 0. The molecule has 2 N–H and O–H groups in total. The van der Waals surface area contributed by atoms with Crippen LogP contribution in [0.4, 0.5) is 4.39 Å². The maximum atomic E-state index is 13.3. The van der Waals surface area contributed by atoms with Crippen molar-refractivity contribution < 1.29 is 4.39 Å². The van der Waals surface area contributed by atoms with Crippen LogP contribution in [0.25, 0.3) is 0 Å². The molecule has 0 saturated heterocycles. The topological polar surface area (TPSA) is 26.0 Å². The van der Waals surface area contributed by atoms with Gasteiger partial charge < -0.3 is 5.73 Å². The van der Waals surface area contributed by atoms with Gasteiger partial charge in [0.1, 0.15) is 5.82 Å². The summed E-state index contributed by atoms with van der Waals surface area (Å²) in [4.78, 5) is 0. The third kappa shape index (κ3) is 2.44. The molecule has 0 amide bonds. The number of nitrogens with two attached hydrogens (primary N) is 1. The Bertz CT molecular complexity index is 575. The van der Waals surface area contributed by atoms with E-state index in [4.69, 9.17) is 5.73 Å². The largest absolute Gasteiger partial charge is 0.320 e. The van der Waals surface area contributed by atoms with E-state index in [9.17, 15) is 4.39 Å². The molecule has 2 heteroatoms. The van der Waals surface area contributed by atoms with E-state index >= 15 is 0 Å². The van der Waals surface area contributed by atoms with Crippen LogP contribution in [0.1, 0.15) is 33.9 Å². The first-order valence-corrected chi connectivity index (χ1v) is 6.08. The molecule has 0 aliphatic carbocycles. The summed E-state index contributed by atoms with van der Waals surface area (Å²) >= 11 is 0. The van der Waals surface area contributed by atoms with Crippen molar-refractivity contribution in [1.29, 1.82) is 0 Å². The molecule has 0 saturated carbocycles. The molecule has 1 nitrogen and oxygen atoms in total. The van der Waals surface area contributed by atoms with Crippen molar-refractivity contribution >= 4 is 0 Å². The lowest BCUT2D eigenvalue weighted by atomic mass is 9.93. The van der Waals surface area contributed by atoms with E-state index in [-0.39, 0.29) is 11.9 Å². The van der Waals surface area contributed by atoms with Crippen molar-refractivity contribution in [2.75, 3.05) is 0 Å². The molecular formula is C16H18FN. The first-order chi connectivity index (χ1) is 8.49. The van der Waals surface area contributed by atoms with Crippen molar-refractivity contribution in [3.63, 3.8) is 0 Å². The summed E-state index contributed by atoms with van der Waals surface area (Å²) in [5.74, 6) is -0.241. The zero-order chi connectivity index (χ0) is 13.3. The summed E-state index contributed by atoms with van der Waals surface area (Å²) in [6, 6.07) is 10.6. The Morgan fingerprint density at radius 1 is 0.889 bits per heavy atom. The summed E-state index contributed by atoms with van der Waals surface area (Å²) < 4.78 is 13.3. The van der Waals surface area contributed by atoms with Gasteiger partial charge in [-0.3, -0.25) is 0 Å². The van der Waals surface area contributed by atoms with E-state index in [0.717, 1.165) is 16.7 Å². The molecule has 0 bridgehead atoms. The van der Waals surface area contributed by atoms with Gasteiger partial charge in [0.05, 0.1) is 6.04 Å². The van der Waals surface area contributed by atoms with Crippen LogP contribution >= 0.6 is 0 Å². The summed E-state index contributed by atoms with van der Waals surface area (Å²) in [5, 5.41) is 0. The molecule has 0 aromatic heterocycles. The second-order valence-electron chi connectivity index (χ2n) is 4.82. The van der Waals surface area contributed by atoms with Crippen molar-refractivity contribution in [1.82, 2.24) is 0 Å². The molecule has 1 unspecified atom stereocenters. The van der Waals surface area contributed by atoms with Gasteiger partial charge in [-0.15, -0.1) is 0 Å². The van der Waals surface area contributed by atoms with E-state index < -0.39 is 0 Å². The van der Waals surface area contributed by atoms with Crippen LogP contribution in [-0.4, -0.2) is 0 Å². The maximum absolute atomic E-state index is 13.3. The normalized spacial score (nSPS) is 12.5. The lowest BCUT2D eigenvalue weighted by Gasteiger charge is -2.16. The van der Waals surface area contributed by atoms with Gasteiger partial charge in [-0.1, -0.05) is 24.3 Å². The molecule has 18 heavy (non-hydrogen) atoms. The van der Waals surface area contributed by atoms with Gasteiger partial charge in [-0.05, 0) is 60.7 Å². The smallest absolute Gasteiger partial charge is 0.123 e. The Labute approximate surface area is 107 Å². The average molecular weight is 243 g/mol. The van der Waals surface area contributed by atoms with Crippen LogP contribution in [0.15, 0.2) is 36.4 Å². The van der Waals surface area contributed by atoms with Crippen LogP contribution in [0.5, 0.6) is 0 Å². The number of rotatable bonds is 2. The van der Waals surface area contributed by atoms with Gasteiger partial charge in [0.25, 0.3) is 0 Å². The van der Waals surface area contributed by atoms with E-state index in [1.165, 1.54) is 23.3 Å². The highest BCUT2D eigenvalue weighted by Gasteiger charge is 2.12. The molecule has 0 fully saturated rings. The van der Waals surface area contributed by atoms with Crippen molar-refractivity contribution in [3.05, 3.63) is 70.0 Å². The number of halogens is 1. The minimum atomic E-state index is -0.278. The molecule has 94 valence electrons. The van der Waals surface area contributed by atoms with Gasteiger partial charge in [0.2, 0.25) is 0 Å². The minimum Gasteiger partial charge on any atom is -0.320 e. The predicted octanol–water partition coefficient (Wildman–Crippen LogP) is 3.80. The molecule has 0 radical (unpaired) electrons. The zero-order valence-electron chi connectivity index (χ0n) is 11.0. The Hall–Kier alpha value is -1.67. The SMILES string of the molecule is Cc1ccc(C(N)c2cc(F)ccc2C)cc1C. The molecule has 2 aromatic rings. The zero-order valence-corrected chi connectivity index (χ0v) is 11.0. The number of hydrogen-bond donors (Lipinski definition) is 1. The summed E-state index contributed by atoms with van der Waals surface area (Å²) in [5.41, 5.74) is 11.6. The highest BCUT2D eigenvalue weighted by atomic mass is 19.1. The summed E-state index contributed by atoms with van der Waals surface area (Å²) in [6.07, 6.45) is 0. The van der Waals surface area contributed by atoms with Crippen LogP contribution in [0.3, 0.4) is 0 Å². The van der Waals surface area contributed by atoms with Crippen LogP contribution in [-0.2, 0) is 0 Å². The second kappa shape index (κ2) is 4.91. The van der Waals surface area contributed by atoms with Crippen LogP contribution in [0, 0.1) is 26.6 Å². The van der Waals surface area contributed by atoms with Gasteiger partial charge in [-0.25, -0.2) is 4.39 Å². The Morgan fingerprint density at radius 3 is 2.22 bits per heavy atom. The average Bonchev–Trinajstić information content (AvgIpc) is 2.35. The fraction of sp³-hybridized carbons (Fsp3) is 0.250. The molecule has 1 atom stereocenters. The monoisotopic (exact) mass is 243 g/mol. The molecular weight excluding hydrogens is 225 g/mol. The number of hydrogen-bond acceptors (Lipinski definition) is 1. The first-order valence-electron chi connectivity index (χ1n) is 6.08. The highest BCUT2D eigenvalue weighted by molar-refractivity contribution is 5.39. The molecule has 2 rings (SSSR count). The van der Waals surface area contributed by atoms with Gasteiger partial charge in [0.15, 0.2) is 0 Å². The Balaban J connectivity index is 2.44. The maximum Gasteiger partial charge on any atom is 0.123 e. The van der Waals surface area contributed by atoms with Crippen LogP contribution < -0.4 is 5.73 Å². The highest BCUT2D eigenvalue weighted by Crippen LogP contribution is 2.25. The van der Waals surface area contributed by atoms with Crippen LogP contribution in [0.2, 0.25) is 0 Å². The van der Waals surface area contributed by atoms with Crippen molar-refractivity contribution in [2.24, 2.45) is 5.73 Å². The molecule has 0 spiro atoms. The van der Waals surface area contributed by atoms with Gasteiger partial charge >= 0.3 is 0 Å². The van der Waals surface area contributed by atoms with Crippen molar-refractivity contribution in [2.45, 2.75) is 26.8 Å². The van der Waals surface area contributed by atoms with E-state index in [1.54, 1.807) is 6.07 Å². The second-order valence-corrected chi connectivity index (χ2v) is 4.82.